The molecule has 2 aliphatic rings. The average Bonchev–Trinajstić information content (AvgIpc) is 2.91. The maximum absolute atomic E-state index is 13.7. The van der Waals surface area contributed by atoms with Crippen molar-refractivity contribution in [2.45, 2.75) is 82.4 Å². The minimum Gasteiger partial charge on any atom is -0.490 e. The molecule has 2 fully saturated rings. The van der Waals surface area contributed by atoms with E-state index >= 15 is 0 Å². The van der Waals surface area contributed by atoms with Crippen LogP contribution in [0.25, 0.3) is 0 Å². The van der Waals surface area contributed by atoms with Gasteiger partial charge >= 0.3 is 6.18 Å². The molecule has 0 saturated heterocycles. The van der Waals surface area contributed by atoms with Gasteiger partial charge in [-0.25, -0.2) is 4.98 Å². The monoisotopic (exact) mass is 510 g/mol. The zero-order valence-electron chi connectivity index (χ0n) is 20.9. The van der Waals surface area contributed by atoms with E-state index in [4.69, 9.17) is 4.74 Å². The van der Waals surface area contributed by atoms with E-state index < -0.39 is 11.7 Å². The van der Waals surface area contributed by atoms with Crippen molar-refractivity contribution in [2.75, 3.05) is 10.6 Å². The van der Waals surface area contributed by atoms with Crippen molar-refractivity contribution in [3.63, 3.8) is 0 Å². The summed E-state index contributed by atoms with van der Waals surface area (Å²) in [5.74, 6) is 1.10. The number of ether oxygens (including phenoxy) is 1. The molecule has 5 rings (SSSR count). The van der Waals surface area contributed by atoms with Crippen LogP contribution >= 0.6 is 0 Å². The van der Waals surface area contributed by atoms with E-state index in [-0.39, 0.29) is 17.9 Å². The summed E-state index contributed by atoms with van der Waals surface area (Å²) in [4.78, 5) is 8.11. The first-order valence-corrected chi connectivity index (χ1v) is 13.3. The molecule has 1 heterocycles. The number of alkyl halides is 3. The van der Waals surface area contributed by atoms with Gasteiger partial charge in [-0.15, -0.1) is 0 Å². The average molecular weight is 511 g/mol. The third kappa shape index (κ3) is 6.73. The SMILES string of the molecule is FC(F)(F)c1cnc(Nc2ccc(C3CCCCC3)cc2)nc1Nc1ccc(OC2CCCCC2)cc1. The molecule has 0 aliphatic heterocycles. The Bertz CT molecular complexity index is 1150. The standard InChI is InChI=1S/C29H33F3N4O/c30-29(31,32)26-19-33-28(35-23-13-11-21(12-14-23)20-7-3-1-4-8-20)36-27(26)34-22-15-17-25(18-16-22)37-24-9-5-2-6-10-24/h11-20,24H,1-10H2,(H2,33,34,35,36). The van der Waals surface area contributed by atoms with Crippen LogP contribution in [0.2, 0.25) is 0 Å². The quantitative estimate of drug-likeness (QED) is 0.333. The van der Waals surface area contributed by atoms with Crippen molar-refractivity contribution in [3.05, 3.63) is 65.9 Å². The summed E-state index contributed by atoms with van der Waals surface area (Å²) in [5.41, 5.74) is 1.60. The zero-order valence-corrected chi connectivity index (χ0v) is 20.9. The van der Waals surface area contributed by atoms with Crippen molar-refractivity contribution in [1.82, 2.24) is 9.97 Å². The van der Waals surface area contributed by atoms with Crippen LogP contribution in [0.15, 0.2) is 54.7 Å². The summed E-state index contributed by atoms with van der Waals surface area (Å²) in [6, 6.07) is 15.0. The van der Waals surface area contributed by atoms with Crippen LogP contribution in [0.3, 0.4) is 0 Å². The molecular formula is C29H33F3N4O. The molecule has 1 aromatic heterocycles. The van der Waals surface area contributed by atoms with Crippen molar-refractivity contribution in [1.29, 1.82) is 0 Å². The van der Waals surface area contributed by atoms with Crippen LogP contribution in [0.4, 0.5) is 36.3 Å². The third-order valence-electron chi connectivity index (χ3n) is 7.31. The van der Waals surface area contributed by atoms with Gasteiger partial charge in [0.1, 0.15) is 17.1 Å². The van der Waals surface area contributed by atoms with Crippen LogP contribution < -0.4 is 15.4 Å². The second kappa shape index (κ2) is 11.4. The Balaban J connectivity index is 1.29. The van der Waals surface area contributed by atoms with Gasteiger partial charge in [-0.05, 0) is 86.4 Å². The minimum absolute atomic E-state index is 0.0955. The molecule has 0 atom stereocenters. The van der Waals surface area contributed by atoms with Gasteiger partial charge in [0, 0.05) is 17.6 Å². The third-order valence-corrected chi connectivity index (χ3v) is 7.31. The normalized spacial score (nSPS) is 17.4. The lowest BCUT2D eigenvalue weighted by atomic mass is 9.84. The number of rotatable bonds is 7. The second-order valence-electron chi connectivity index (χ2n) is 10.1. The lowest BCUT2D eigenvalue weighted by Gasteiger charge is -2.23. The Hall–Kier alpha value is -3.29. The molecule has 0 bridgehead atoms. The number of aromatic nitrogens is 2. The fourth-order valence-electron chi connectivity index (χ4n) is 5.28. The van der Waals surface area contributed by atoms with Crippen molar-refractivity contribution >= 4 is 23.1 Å². The second-order valence-corrected chi connectivity index (χ2v) is 10.1. The Morgan fingerprint density at radius 1 is 0.730 bits per heavy atom. The molecule has 0 spiro atoms. The molecule has 196 valence electrons. The van der Waals surface area contributed by atoms with Crippen LogP contribution in [-0.2, 0) is 6.18 Å². The highest BCUT2D eigenvalue weighted by molar-refractivity contribution is 5.63. The molecular weight excluding hydrogens is 477 g/mol. The maximum Gasteiger partial charge on any atom is 0.421 e. The Morgan fingerprint density at radius 2 is 1.32 bits per heavy atom. The van der Waals surface area contributed by atoms with E-state index in [2.05, 4.69) is 32.7 Å². The molecule has 0 amide bonds. The number of hydrogen-bond acceptors (Lipinski definition) is 5. The summed E-state index contributed by atoms with van der Waals surface area (Å²) in [6.07, 6.45) is 8.31. The van der Waals surface area contributed by atoms with Crippen molar-refractivity contribution in [3.8, 4) is 5.75 Å². The summed E-state index contributed by atoms with van der Waals surface area (Å²) < 4.78 is 47.1. The first-order valence-electron chi connectivity index (χ1n) is 13.3. The fourth-order valence-corrected chi connectivity index (χ4v) is 5.28. The molecule has 8 heteroatoms. The Morgan fingerprint density at radius 3 is 1.97 bits per heavy atom. The van der Waals surface area contributed by atoms with Gasteiger partial charge in [0.2, 0.25) is 5.95 Å². The van der Waals surface area contributed by atoms with E-state index in [0.717, 1.165) is 30.5 Å². The van der Waals surface area contributed by atoms with Crippen LogP contribution in [0, 0.1) is 0 Å². The number of anilines is 4. The van der Waals surface area contributed by atoms with E-state index in [1.54, 1.807) is 24.3 Å². The molecule has 2 N–H and O–H groups in total. The number of nitrogens with zero attached hydrogens (tertiary/aromatic N) is 2. The molecule has 5 nitrogen and oxygen atoms in total. The number of benzene rings is 2. The largest absolute Gasteiger partial charge is 0.490 e. The van der Waals surface area contributed by atoms with E-state index in [1.807, 2.05) is 12.1 Å². The van der Waals surface area contributed by atoms with Gasteiger partial charge in [-0.2, -0.15) is 18.2 Å². The number of nitrogens with one attached hydrogen (secondary N) is 2. The van der Waals surface area contributed by atoms with Crippen molar-refractivity contribution < 1.29 is 17.9 Å². The Labute approximate surface area is 215 Å². The van der Waals surface area contributed by atoms with Crippen LogP contribution in [-0.4, -0.2) is 16.1 Å². The molecule has 3 aromatic rings. The fraction of sp³-hybridized carbons (Fsp3) is 0.448. The van der Waals surface area contributed by atoms with Crippen molar-refractivity contribution in [2.24, 2.45) is 0 Å². The summed E-state index contributed by atoms with van der Waals surface area (Å²) in [7, 11) is 0. The molecule has 0 radical (unpaired) electrons. The molecule has 2 aromatic carbocycles. The lowest BCUT2D eigenvalue weighted by molar-refractivity contribution is -0.137. The summed E-state index contributed by atoms with van der Waals surface area (Å²) in [5, 5.41) is 5.87. The van der Waals surface area contributed by atoms with E-state index in [9.17, 15) is 13.2 Å². The van der Waals surface area contributed by atoms with Gasteiger partial charge in [0.15, 0.2) is 0 Å². The number of halogens is 3. The maximum atomic E-state index is 13.7. The predicted octanol–water partition coefficient (Wildman–Crippen LogP) is 8.74. The van der Waals surface area contributed by atoms with E-state index in [1.165, 1.54) is 56.9 Å². The number of hydrogen-bond donors (Lipinski definition) is 2. The molecule has 37 heavy (non-hydrogen) atoms. The highest BCUT2D eigenvalue weighted by Gasteiger charge is 2.35. The minimum atomic E-state index is -4.59. The van der Waals surface area contributed by atoms with E-state index in [0.29, 0.717) is 11.6 Å². The first-order chi connectivity index (χ1) is 17.9. The lowest BCUT2D eigenvalue weighted by Crippen LogP contribution is -2.19. The van der Waals surface area contributed by atoms with Crippen LogP contribution in [0.1, 0.15) is 81.3 Å². The predicted molar refractivity (Wildman–Crippen MR) is 140 cm³/mol. The molecule has 0 unspecified atom stereocenters. The first kappa shape index (κ1) is 25.4. The summed E-state index contributed by atoms with van der Waals surface area (Å²) >= 11 is 0. The van der Waals surface area contributed by atoms with Gasteiger partial charge < -0.3 is 15.4 Å². The Kier molecular flexibility index (Phi) is 7.82. The molecule has 2 aliphatic carbocycles. The van der Waals surface area contributed by atoms with Gasteiger partial charge in [0.05, 0.1) is 6.10 Å². The van der Waals surface area contributed by atoms with Gasteiger partial charge in [-0.3, -0.25) is 0 Å². The highest BCUT2D eigenvalue weighted by Crippen LogP contribution is 2.36. The van der Waals surface area contributed by atoms with Crippen LogP contribution in [0.5, 0.6) is 5.75 Å². The smallest absolute Gasteiger partial charge is 0.421 e. The molecule has 2 saturated carbocycles. The highest BCUT2D eigenvalue weighted by atomic mass is 19.4. The zero-order chi connectivity index (χ0) is 25.7. The topological polar surface area (TPSA) is 59.1 Å². The van der Waals surface area contributed by atoms with Gasteiger partial charge in [0.25, 0.3) is 0 Å². The van der Waals surface area contributed by atoms with Gasteiger partial charge in [-0.1, -0.05) is 37.8 Å². The summed E-state index contributed by atoms with van der Waals surface area (Å²) in [6.45, 7) is 0.